The standard InChI is InChI=1S/C30H34ClN3O2/c1-20(2)27(33-28(35)23-8-5-7-22(17-23)24-9-6-15-32-18-24)29(36)34-16-14-26(30(3,4)19-34)21-10-12-25(31)13-11-21/h5-13,15,17-18,20,26-27H,14,16,19H2,1-4H3,(H,33,35)/t26-,27-/m1/s1. The Kier molecular flexibility index (Phi) is 7.79. The molecule has 4 rings (SSSR count). The summed E-state index contributed by atoms with van der Waals surface area (Å²) in [6.07, 6.45) is 4.36. The lowest BCUT2D eigenvalue weighted by molar-refractivity contribution is -0.137. The molecule has 1 aliphatic heterocycles. The summed E-state index contributed by atoms with van der Waals surface area (Å²) in [5.41, 5.74) is 3.52. The number of hydrogen-bond acceptors (Lipinski definition) is 3. The highest BCUT2D eigenvalue weighted by molar-refractivity contribution is 6.30. The zero-order valence-electron chi connectivity index (χ0n) is 21.4. The molecule has 2 amide bonds. The molecule has 0 bridgehead atoms. The molecule has 0 unspecified atom stereocenters. The largest absolute Gasteiger partial charge is 0.340 e. The maximum atomic E-state index is 13.7. The minimum atomic E-state index is -0.595. The lowest BCUT2D eigenvalue weighted by Crippen LogP contribution is -2.55. The zero-order chi connectivity index (χ0) is 25.9. The minimum absolute atomic E-state index is 0.0237. The number of halogens is 1. The van der Waals surface area contributed by atoms with Gasteiger partial charge in [-0.15, -0.1) is 0 Å². The fourth-order valence-corrected chi connectivity index (χ4v) is 5.29. The van der Waals surface area contributed by atoms with Crippen molar-refractivity contribution in [1.82, 2.24) is 15.2 Å². The molecule has 2 heterocycles. The van der Waals surface area contributed by atoms with Crippen molar-refractivity contribution in [3.63, 3.8) is 0 Å². The maximum Gasteiger partial charge on any atom is 0.251 e. The lowest BCUT2D eigenvalue weighted by Gasteiger charge is -2.45. The fourth-order valence-electron chi connectivity index (χ4n) is 5.17. The van der Waals surface area contributed by atoms with Crippen LogP contribution in [0.1, 0.15) is 56.0 Å². The Balaban J connectivity index is 1.47. The van der Waals surface area contributed by atoms with Crippen LogP contribution in [0.4, 0.5) is 0 Å². The normalized spacial score (nSPS) is 18.1. The van der Waals surface area contributed by atoms with Crippen LogP contribution in [0.15, 0.2) is 73.1 Å². The van der Waals surface area contributed by atoms with Crippen LogP contribution in [-0.2, 0) is 4.79 Å². The molecule has 1 aliphatic rings. The van der Waals surface area contributed by atoms with E-state index in [0.717, 1.165) is 22.6 Å². The van der Waals surface area contributed by atoms with E-state index in [2.05, 4.69) is 36.3 Å². The summed E-state index contributed by atoms with van der Waals surface area (Å²) in [4.78, 5) is 33.0. The summed E-state index contributed by atoms with van der Waals surface area (Å²) in [5.74, 6) is 0.0219. The number of carbonyl (C=O) groups is 2. The predicted octanol–water partition coefficient (Wildman–Crippen LogP) is 6.20. The van der Waals surface area contributed by atoms with Crippen LogP contribution in [0.3, 0.4) is 0 Å². The predicted molar refractivity (Wildman–Crippen MR) is 145 cm³/mol. The van der Waals surface area contributed by atoms with Gasteiger partial charge < -0.3 is 10.2 Å². The summed E-state index contributed by atoms with van der Waals surface area (Å²) >= 11 is 6.09. The fraction of sp³-hybridized carbons (Fsp3) is 0.367. The summed E-state index contributed by atoms with van der Waals surface area (Å²) < 4.78 is 0. The van der Waals surface area contributed by atoms with Crippen LogP contribution in [0.5, 0.6) is 0 Å². The van der Waals surface area contributed by atoms with Crippen molar-refractivity contribution in [1.29, 1.82) is 0 Å². The number of aromatic nitrogens is 1. The SMILES string of the molecule is CC(C)[C@@H](NC(=O)c1cccc(-c2cccnc2)c1)C(=O)N1CC[C@H](c2ccc(Cl)cc2)C(C)(C)C1. The highest BCUT2D eigenvalue weighted by atomic mass is 35.5. The molecular weight excluding hydrogens is 470 g/mol. The molecule has 1 N–H and O–H groups in total. The van der Waals surface area contributed by atoms with E-state index >= 15 is 0 Å². The van der Waals surface area contributed by atoms with E-state index in [4.69, 9.17) is 11.6 Å². The molecule has 0 saturated carbocycles. The van der Waals surface area contributed by atoms with Crippen LogP contribution in [0.2, 0.25) is 5.02 Å². The van der Waals surface area contributed by atoms with Gasteiger partial charge in [0.2, 0.25) is 5.91 Å². The summed E-state index contributed by atoms with van der Waals surface area (Å²) in [6, 6.07) is 18.7. The third-order valence-electron chi connectivity index (χ3n) is 7.15. The van der Waals surface area contributed by atoms with Gasteiger partial charge >= 0.3 is 0 Å². The zero-order valence-corrected chi connectivity index (χ0v) is 22.1. The quantitative estimate of drug-likeness (QED) is 0.435. The molecule has 2 atom stereocenters. The van der Waals surface area contributed by atoms with E-state index in [1.165, 1.54) is 5.56 Å². The van der Waals surface area contributed by atoms with Gasteiger partial charge in [0.15, 0.2) is 0 Å². The van der Waals surface area contributed by atoms with Gasteiger partial charge in [-0.1, -0.05) is 69.6 Å². The average molecular weight is 504 g/mol. The van der Waals surface area contributed by atoms with Crippen molar-refractivity contribution in [2.75, 3.05) is 13.1 Å². The second-order valence-corrected chi connectivity index (χ2v) is 11.1. The Morgan fingerprint density at radius 2 is 1.78 bits per heavy atom. The van der Waals surface area contributed by atoms with Crippen molar-refractivity contribution in [3.05, 3.63) is 89.2 Å². The summed E-state index contributed by atoms with van der Waals surface area (Å²) in [5, 5.41) is 3.75. The van der Waals surface area contributed by atoms with Crippen molar-refractivity contribution in [3.8, 4) is 11.1 Å². The van der Waals surface area contributed by atoms with Crippen molar-refractivity contribution >= 4 is 23.4 Å². The van der Waals surface area contributed by atoms with Crippen LogP contribution in [-0.4, -0.2) is 40.8 Å². The first kappa shape index (κ1) is 25.9. The van der Waals surface area contributed by atoms with Gasteiger partial charge in [-0.05, 0) is 65.1 Å². The highest BCUT2D eigenvalue weighted by Crippen LogP contribution is 2.42. The third kappa shape index (κ3) is 5.79. The van der Waals surface area contributed by atoms with Gasteiger partial charge in [-0.2, -0.15) is 0 Å². The number of carbonyl (C=O) groups excluding carboxylic acids is 2. The van der Waals surface area contributed by atoms with E-state index in [-0.39, 0.29) is 23.1 Å². The second-order valence-electron chi connectivity index (χ2n) is 10.7. The number of piperidine rings is 1. The van der Waals surface area contributed by atoms with Crippen LogP contribution >= 0.6 is 11.6 Å². The van der Waals surface area contributed by atoms with Crippen molar-refractivity contribution in [2.24, 2.45) is 11.3 Å². The summed E-state index contributed by atoms with van der Waals surface area (Å²) in [6.45, 7) is 9.65. The molecule has 1 aromatic heterocycles. The van der Waals surface area contributed by atoms with Crippen LogP contribution in [0.25, 0.3) is 11.1 Å². The van der Waals surface area contributed by atoms with E-state index in [1.807, 2.05) is 61.2 Å². The molecule has 188 valence electrons. The van der Waals surface area contributed by atoms with Gasteiger partial charge in [-0.25, -0.2) is 0 Å². The number of hydrogen-bond donors (Lipinski definition) is 1. The van der Waals surface area contributed by atoms with Crippen molar-refractivity contribution < 1.29 is 9.59 Å². The molecule has 3 aromatic rings. The monoisotopic (exact) mass is 503 g/mol. The molecule has 1 fully saturated rings. The van der Waals surface area contributed by atoms with Crippen LogP contribution in [0, 0.1) is 11.3 Å². The van der Waals surface area contributed by atoms with E-state index < -0.39 is 6.04 Å². The Morgan fingerprint density at radius 3 is 2.42 bits per heavy atom. The van der Waals surface area contributed by atoms with Crippen molar-refractivity contribution in [2.45, 2.75) is 46.1 Å². The van der Waals surface area contributed by atoms with Gasteiger partial charge in [0.05, 0.1) is 0 Å². The molecule has 1 saturated heterocycles. The Bertz CT molecular complexity index is 1210. The number of nitrogens with zero attached hydrogens (tertiary/aromatic N) is 2. The molecular formula is C30H34ClN3O2. The third-order valence-corrected chi connectivity index (χ3v) is 7.40. The number of benzene rings is 2. The number of amides is 2. The number of pyridine rings is 1. The first-order chi connectivity index (χ1) is 17.2. The smallest absolute Gasteiger partial charge is 0.251 e. The number of likely N-dealkylation sites (tertiary alicyclic amines) is 1. The minimum Gasteiger partial charge on any atom is -0.340 e. The Morgan fingerprint density at radius 1 is 1.06 bits per heavy atom. The van der Waals surface area contributed by atoms with Gasteiger partial charge in [0.1, 0.15) is 6.04 Å². The number of rotatable bonds is 6. The summed E-state index contributed by atoms with van der Waals surface area (Å²) in [7, 11) is 0. The first-order valence-electron chi connectivity index (χ1n) is 12.5. The topological polar surface area (TPSA) is 62.3 Å². The highest BCUT2D eigenvalue weighted by Gasteiger charge is 2.40. The van der Waals surface area contributed by atoms with E-state index in [9.17, 15) is 9.59 Å². The second kappa shape index (κ2) is 10.8. The average Bonchev–Trinajstić information content (AvgIpc) is 2.87. The number of nitrogens with one attached hydrogen (secondary N) is 1. The Hall–Kier alpha value is -3.18. The molecule has 0 aliphatic carbocycles. The van der Waals surface area contributed by atoms with Gasteiger partial charge in [-0.3, -0.25) is 14.6 Å². The maximum absolute atomic E-state index is 13.7. The van der Waals surface area contributed by atoms with Crippen LogP contribution < -0.4 is 5.32 Å². The molecule has 2 aromatic carbocycles. The molecule has 0 spiro atoms. The van der Waals surface area contributed by atoms with E-state index in [0.29, 0.717) is 24.6 Å². The van der Waals surface area contributed by atoms with E-state index in [1.54, 1.807) is 18.5 Å². The molecule has 36 heavy (non-hydrogen) atoms. The van der Waals surface area contributed by atoms with Gasteiger partial charge in [0.25, 0.3) is 5.91 Å². The molecule has 0 radical (unpaired) electrons. The molecule has 5 nitrogen and oxygen atoms in total. The lowest BCUT2D eigenvalue weighted by atomic mass is 9.70. The Labute approximate surface area is 218 Å². The first-order valence-corrected chi connectivity index (χ1v) is 12.9. The van der Waals surface area contributed by atoms with Gasteiger partial charge in [0, 0.05) is 41.6 Å². The molecule has 6 heteroatoms.